The first kappa shape index (κ1) is 17.6. The van der Waals surface area contributed by atoms with E-state index < -0.39 is 20.7 Å². The molecular formula is C11H15BrClFN2O3S. The summed E-state index contributed by atoms with van der Waals surface area (Å²) in [6.07, 6.45) is -0.332. The second kappa shape index (κ2) is 7.04. The molecule has 0 amide bonds. The van der Waals surface area contributed by atoms with Gasteiger partial charge in [0.25, 0.3) is 0 Å². The monoisotopic (exact) mass is 388 g/mol. The summed E-state index contributed by atoms with van der Waals surface area (Å²) in [5.41, 5.74) is 5.11. The first-order valence-electron chi connectivity index (χ1n) is 5.75. The van der Waals surface area contributed by atoms with Crippen LogP contribution in [0.4, 0.5) is 10.1 Å². The van der Waals surface area contributed by atoms with Crippen molar-refractivity contribution < 1.29 is 17.5 Å². The van der Waals surface area contributed by atoms with E-state index in [-0.39, 0.29) is 27.8 Å². The number of sulfonamides is 1. The molecule has 9 heteroatoms. The fourth-order valence-corrected chi connectivity index (χ4v) is 3.24. The van der Waals surface area contributed by atoms with E-state index in [0.717, 1.165) is 6.07 Å². The number of ether oxygens (including phenoxy) is 1. The largest absolute Gasteiger partial charge is 0.395 e. The third-order valence-electron chi connectivity index (χ3n) is 2.46. The van der Waals surface area contributed by atoms with Crippen molar-refractivity contribution in [2.75, 3.05) is 18.9 Å². The lowest BCUT2D eigenvalue weighted by Crippen LogP contribution is -2.32. The predicted molar refractivity (Wildman–Crippen MR) is 79.8 cm³/mol. The van der Waals surface area contributed by atoms with Crippen molar-refractivity contribution >= 4 is 43.2 Å². The summed E-state index contributed by atoms with van der Waals surface area (Å²) in [5, 5.41) is 0.0159. The molecule has 1 aromatic carbocycles. The number of halogens is 3. The number of nitrogen functional groups attached to an aromatic ring is 1. The van der Waals surface area contributed by atoms with Gasteiger partial charge in [0.1, 0.15) is 4.90 Å². The molecule has 0 aromatic heterocycles. The fourth-order valence-electron chi connectivity index (χ4n) is 1.44. The zero-order valence-corrected chi connectivity index (χ0v) is 14.1. The second-order valence-electron chi connectivity index (χ2n) is 4.02. The van der Waals surface area contributed by atoms with Gasteiger partial charge in [-0.2, -0.15) is 0 Å². The number of rotatable bonds is 6. The molecule has 1 unspecified atom stereocenters. The summed E-state index contributed by atoms with van der Waals surface area (Å²) >= 11 is 8.78. The standard InChI is InChI=1S/C11H15BrClFN2O3S/c1-3-19-6(2)5-16-20(17,18)8-4-7(13)9(12)11(15)10(8)14/h4,6,16H,3,5,15H2,1-2H3. The molecule has 1 aromatic rings. The topological polar surface area (TPSA) is 81.4 Å². The highest BCUT2D eigenvalue weighted by atomic mass is 79.9. The number of hydrogen-bond acceptors (Lipinski definition) is 4. The molecule has 0 aliphatic rings. The molecule has 1 atom stereocenters. The van der Waals surface area contributed by atoms with E-state index in [1.807, 2.05) is 0 Å². The van der Waals surface area contributed by atoms with Gasteiger partial charge in [-0.1, -0.05) is 11.6 Å². The van der Waals surface area contributed by atoms with Gasteiger partial charge in [0, 0.05) is 13.2 Å². The molecule has 3 N–H and O–H groups in total. The van der Waals surface area contributed by atoms with Crippen LogP contribution in [0.3, 0.4) is 0 Å². The Bertz CT molecular complexity index is 598. The Hall–Kier alpha value is -0.410. The van der Waals surface area contributed by atoms with E-state index in [4.69, 9.17) is 22.1 Å². The van der Waals surface area contributed by atoms with Crippen molar-refractivity contribution in [1.82, 2.24) is 4.72 Å². The normalized spacial score (nSPS) is 13.4. The van der Waals surface area contributed by atoms with Crippen molar-refractivity contribution in [2.45, 2.75) is 24.8 Å². The minimum Gasteiger partial charge on any atom is -0.395 e. The maximum Gasteiger partial charge on any atom is 0.243 e. The Morgan fingerprint density at radius 1 is 1.60 bits per heavy atom. The molecule has 20 heavy (non-hydrogen) atoms. The van der Waals surface area contributed by atoms with Crippen LogP contribution in [0.1, 0.15) is 13.8 Å². The van der Waals surface area contributed by atoms with Crippen molar-refractivity contribution in [3.63, 3.8) is 0 Å². The molecular weight excluding hydrogens is 375 g/mol. The number of hydrogen-bond donors (Lipinski definition) is 2. The minimum absolute atomic E-state index is 0.0159. The van der Waals surface area contributed by atoms with E-state index in [2.05, 4.69) is 20.7 Å². The van der Waals surface area contributed by atoms with Crippen molar-refractivity contribution in [3.05, 3.63) is 21.4 Å². The molecule has 114 valence electrons. The van der Waals surface area contributed by atoms with Crippen LogP contribution in [0.15, 0.2) is 15.4 Å². The first-order valence-corrected chi connectivity index (χ1v) is 8.40. The molecule has 1 rings (SSSR count). The summed E-state index contributed by atoms with van der Waals surface area (Å²) in [6.45, 7) is 3.96. The van der Waals surface area contributed by atoms with Gasteiger partial charge in [-0.25, -0.2) is 17.5 Å². The van der Waals surface area contributed by atoms with Gasteiger partial charge < -0.3 is 10.5 Å². The molecule has 0 radical (unpaired) electrons. The minimum atomic E-state index is -4.06. The summed E-state index contributed by atoms with van der Waals surface area (Å²) in [7, 11) is -4.06. The fraction of sp³-hybridized carbons (Fsp3) is 0.455. The highest BCUT2D eigenvalue weighted by molar-refractivity contribution is 9.10. The maximum atomic E-state index is 13.9. The van der Waals surface area contributed by atoms with E-state index >= 15 is 0 Å². The lowest BCUT2D eigenvalue weighted by Gasteiger charge is -2.14. The summed E-state index contributed by atoms with van der Waals surface area (Å²) < 4.78 is 45.6. The van der Waals surface area contributed by atoms with Gasteiger partial charge in [-0.3, -0.25) is 0 Å². The van der Waals surface area contributed by atoms with E-state index in [1.54, 1.807) is 13.8 Å². The van der Waals surface area contributed by atoms with Crippen LogP contribution in [-0.2, 0) is 14.8 Å². The van der Waals surface area contributed by atoms with Crippen molar-refractivity contribution in [1.29, 1.82) is 0 Å². The van der Waals surface area contributed by atoms with Gasteiger partial charge in [0.15, 0.2) is 5.82 Å². The second-order valence-corrected chi connectivity index (χ2v) is 6.95. The van der Waals surface area contributed by atoms with Gasteiger partial charge >= 0.3 is 0 Å². The number of benzene rings is 1. The Balaban J connectivity index is 3.05. The molecule has 0 saturated carbocycles. The van der Waals surface area contributed by atoms with Gasteiger partial charge in [0.2, 0.25) is 10.0 Å². The number of anilines is 1. The average molecular weight is 390 g/mol. The molecule has 0 bridgehead atoms. The zero-order chi connectivity index (χ0) is 15.5. The van der Waals surface area contributed by atoms with Gasteiger partial charge in [-0.05, 0) is 35.8 Å². The lowest BCUT2D eigenvalue weighted by atomic mass is 10.3. The smallest absolute Gasteiger partial charge is 0.243 e. The van der Waals surface area contributed by atoms with Crippen molar-refractivity contribution in [2.24, 2.45) is 0 Å². The Labute approximate surface area is 130 Å². The Kier molecular flexibility index (Phi) is 6.21. The highest BCUT2D eigenvalue weighted by Gasteiger charge is 2.24. The van der Waals surface area contributed by atoms with Crippen LogP contribution in [0, 0.1) is 5.82 Å². The van der Waals surface area contributed by atoms with Crippen LogP contribution < -0.4 is 10.5 Å². The van der Waals surface area contributed by atoms with E-state index in [1.165, 1.54) is 0 Å². The lowest BCUT2D eigenvalue weighted by molar-refractivity contribution is 0.0799. The molecule has 0 fully saturated rings. The third kappa shape index (κ3) is 4.05. The van der Waals surface area contributed by atoms with Gasteiger partial charge in [-0.15, -0.1) is 0 Å². The van der Waals surface area contributed by atoms with Crippen LogP contribution >= 0.6 is 27.5 Å². The first-order chi connectivity index (χ1) is 9.20. The summed E-state index contributed by atoms with van der Waals surface area (Å²) in [5.74, 6) is -1.04. The molecule has 0 aliphatic heterocycles. The number of nitrogens with two attached hydrogens (primary N) is 1. The Morgan fingerprint density at radius 2 is 2.20 bits per heavy atom. The van der Waals surface area contributed by atoms with Crippen LogP contribution in [0.25, 0.3) is 0 Å². The number of nitrogens with one attached hydrogen (secondary N) is 1. The predicted octanol–water partition coefficient (Wildman–Crippen LogP) is 2.53. The zero-order valence-electron chi connectivity index (χ0n) is 10.9. The Morgan fingerprint density at radius 3 is 2.75 bits per heavy atom. The molecule has 0 aliphatic carbocycles. The molecule has 0 saturated heterocycles. The maximum absolute atomic E-state index is 13.9. The highest BCUT2D eigenvalue weighted by Crippen LogP contribution is 2.34. The van der Waals surface area contributed by atoms with Crippen molar-refractivity contribution in [3.8, 4) is 0 Å². The van der Waals surface area contributed by atoms with Gasteiger partial charge in [0.05, 0.1) is 21.3 Å². The molecule has 0 heterocycles. The van der Waals surface area contributed by atoms with Crippen LogP contribution in [0.2, 0.25) is 5.02 Å². The summed E-state index contributed by atoms with van der Waals surface area (Å²) in [6, 6.07) is 1.00. The van der Waals surface area contributed by atoms with E-state index in [9.17, 15) is 12.8 Å². The molecule has 0 spiro atoms. The molecule has 5 nitrogen and oxygen atoms in total. The SMILES string of the molecule is CCOC(C)CNS(=O)(=O)c1cc(Cl)c(Br)c(N)c1F. The average Bonchev–Trinajstić information content (AvgIpc) is 2.38. The summed E-state index contributed by atoms with van der Waals surface area (Å²) in [4.78, 5) is -0.591. The third-order valence-corrected chi connectivity index (χ3v) is 5.26. The quantitative estimate of drug-likeness (QED) is 0.578. The van der Waals surface area contributed by atoms with Crippen LogP contribution in [-0.4, -0.2) is 27.7 Å². The van der Waals surface area contributed by atoms with Crippen LogP contribution in [0.5, 0.6) is 0 Å². The van der Waals surface area contributed by atoms with E-state index in [0.29, 0.717) is 6.61 Å².